The molecule has 0 spiro atoms. The molecule has 0 unspecified atom stereocenters. The molecule has 1 aromatic carbocycles. The summed E-state index contributed by atoms with van der Waals surface area (Å²) in [7, 11) is 0. The first-order valence-corrected chi connectivity index (χ1v) is 5.86. The minimum absolute atomic E-state index is 1.28. The zero-order chi connectivity index (χ0) is 10.3. The van der Waals surface area contributed by atoms with Crippen molar-refractivity contribution >= 4 is 6.08 Å². The molecule has 1 saturated carbocycles. The Kier molecular flexibility index (Phi) is 3.78. The van der Waals surface area contributed by atoms with Crippen LogP contribution in [-0.2, 0) is 0 Å². The first-order chi connectivity index (χ1) is 7.45. The van der Waals surface area contributed by atoms with Crippen LogP contribution in [0.15, 0.2) is 48.1 Å². The third-order valence-electron chi connectivity index (χ3n) is 2.92. The van der Waals surface area contributed by atoms with Gasteiger partial charge in [0.25, 0.3) is 0 Å². The van der Waals surface area contributed by atoms with Gasteiger partial charge in [-0.25, -0.2) is 0 Å². The number of hydrogen-bond donors (Lipinski definition) is 0. The highest BCUT2D eigenvalue weighted by Crippen LogP contribution is 2.22. The SMILES string of the molecule is C(=Cc1ccccc1)C=C1CCCCC1. The predicted molar refractivity (Wildman–Crippen MR) is 66.6 cm³/mol. The Morgan fingerprint density at radius 3 is 2.33 bits per heavy atom. The summed E-state index contributed by atoms with van der Waals surface area (Å²) in [6.07, 6.45) is 13.5. The van der Waals surface area contributed by atoms with E-state index in [0.29, 0.717) is 0 Å². The van der Waals surface area contributed by atoms with E-state index >= 15 is 0 Å². The van der Waals surface area contributed by atoms with E-state index < -0.39 is 0 Å². The molecule has 0 heteroatoms. The molecule has 0 heterocycles. The molecule has 0 radical (unpaired) electrons. The Morgan fingerprint density at radius 2 is 1.60 bits per heavy atom. The average molecular weight is 198 g/mol. The van der Waals surface area contributed by atoms with Crippen molar-refractivity contribution in [2.75, 3.05) is 0 Å². The molecule has 1 aromatic rings. The molecule has 15 heavy (non-hydrogen) atoms. The molecular weight excluding hydrogens is 180 g/mol. The Labute approximate surface area is 92.3 Å². The van der Waals surface area contributed by atoms with Gasteiger partial charge in [0.2, 0.25) is 0 Å². The van der Waals surface area contributed by atoms with Crippen molar-refractivity contribution in [2.45, 2.75) is 32.1 Å². The molecule has 0 N–H and O–H groups in total. The molecule has 0 bridgehead atoms. The van der Waals surface area contributed by atoms with Crippen LogP contribution in [0.1, 0.15) is 37.7 Å². The van der Waals surface area contributed by atoms with Crippen LogP contribution in [0.25, 0.3) is 6.08 Å². The van der Waals surface area contributed by atoms with Crippen LogP contribution < -0.4 is 0 Å². The van der Waals surface area contributed by atoms with Crippen LogP contribution in [0.4, 0.5) is 0 Å². The summed E-state index contributed by atoms with van der Waals surface area (Å²) in [6, 6.07) is 10.5. The fraction of sp³-hybridized carbons (Fsp3) is 0.333. The van der Waals surface area contributed by atoms with E-state index in [2.05, 4.69) is 48.6 Å². The first-order valence-electron chi connectivity index (χ1n) is 5.86. The van der Waals surface area contributed by atoms with Gasteiger partial charge in [-0.15, -0.1) is 0 Å². The molecule has 1 aliphatic rings. The topological polar surface area (TPSA) is 0 Å². The summed E-state index contributed by atoms with van der Waals surface area (Å²) < 4.78 is 0. The van der Waals surface area contributed by atoms with Crippen LogP contribution in [0.5, 0.6) is 0 Å². The maximum Gasteiger partial charge on any atom is -0.0257 e. The highest BCUT2D eigenvalue weighted by Gasteiger charge is 2.02. The fourth-order valence-electron chi connectivity index (χ4n) is 2.03. The Balaban J connectivity index is 1.94. The normalized spacial score (nSPS) is 16.9. The lowest BCUT2D eigenvalue weighted by atomic mass is 9.94. The quantitative estimate of drug-likeness (QED) is 0.652. The van der Waals surface area contributed by atoms with Gasteiger partial charge in [0.15, 0.2) is 0 Å². The average Bonchev–Trinajstić information content (AvgIpc) is 2.32. The highest BCUT2D eigenvalue weighted by atomic mass is 14.1. The van der Waals surface area contributed by atoms with E-state index in [1.807, 2.05) is 0 Å². The number of hydrogen-bond acceptors (Lipinski definition) is 0. The molecule has 1 fully saturated rings. The summed E-state index contributed by atoms with van der Waals surface area (Å²) in [5.74, 6) is 0. The molecule has 0 saturated heterocycles. The second kappa shape index (κ2) is 5.55. The molecule has 0 amide bonds. The third kappa shape index (κ3) is 3.39. The van der Waals surface area contributed by atoms with E-state index in [4.69, 9.17) is 0 Å². The van der Waals surface area contributed by atoms with Crippen molar-refractivity contribution in [2.24, 2.45) is 0 Å². The van der Waals surface area contributed by atoms with Crippen molar-refractivity contribution in [3.8, 4) is 0 Å². The third-order valence-corrected chi connectivity index (χ3v) is 2.92. The second-order valence-electron chi connectivity index (χ2n) is 4.16. The largest absolute Gasteiger partial charge is 0.0702 e. The molecule has 2 rings (SSSR count). The molecule has 0 aliphatic heterocycles. The smallest absolute Gasteiger partial charge is 0.0257 e. The van der Waals surface area contributed by atoms with Crippen molar-refractivity contribution < 1.29 is 0 Å². The number of rotatable bonds is 2. The Hall–Kier alpha value is -1.30. The summed E-state index contributed by atoms with van der Waals surface area (Å²) in [4.78, 5) is 0. The molecular formula is C15H18. The molecule has 0 aromatic heterocycles. The lowest BCUT2D eigenvalue weighted by Crippen LogP contribution is -1.92. The van der Waals surface area contributed by atoms with Gasteiger partial charge in [0.05, 0.1) is 0 Å². The van der Waals surface area contributed by atoms with Gasteiger partial charge in [0.1, 0.15) is 0 Å². The molecule has 78 valence electrons. The lowest BCUT2D eigenvalue weighted by molar-refractivity contribution is 0.599. The minimum atomic E-state index is 1.28. The van der Waals surface area contributed by atoms with Crippen molar-refractivity contribution in [1.82, 2.24) is 0 Å². The Morgan fingerprint density at radius 1 is 0.867 bits per heavy atom. The molecule has 1 aliphatic carbocycles. The maximum atomic E-state index is 2.30. The standard InChI is InChI=1S/C15H18/c1-3-8-14(9-4-1)12-7-13-15-10-5-2-6-11-15/h1,3-4,7-9,12-13H,2,5-6,10-11H2. The van der Waals surface area contributed by atoms with Crippen molar-refractivity contribution in [3.05, 3.63) is 53.6 Å². The second-order valence-corrected chi connectivity index (χ2v) is 4.16. The predicted octanol–water partition coefficient (Wildman–Crippen LogP) is 4.59. The zero-order valence-corrected chi connectivity index (χ0v) is 9.15. The summed E-state index contributed by atoms with van der Waals surface area (Å²) >= 11 is 0. The van der Waals surface area contributed by atoms with Crippen LogP contribution in [0, 0.1) is 0 Å². The van der Waals surface area contributed by atoms with E-state index in [9.17, 15) is 0 Å². The monoisotopic (exact) mass is 198 g/mol. The van der Waals surface area contributed by atoms with Gasteiger partial charge < -0.3 is 0 Å². The summed E-state index contributed by atoms with van der Waals surface area (Å²) in [6.45, 7) is 0. The van der Waals surface area contributed by atoms with Gasteiger partial charge in [-0.1, -0.05) is 60.6 Å². The fourth-order valence-corrected chi connectivity index (χ4v) is 2.03. The number of allylic oxidation sites excluding steroid dienone is 3. The lowest BCUT2D eigenvalue weighted by Gasteiger charge is -2.12. The maximum absolute atomic E-state index is 2.30. The van der Waals surface area contributed by atoms with Gasteiger partial charge in [-0.05, 0) is 31.2 Å². The van der Waals surface area contributed by atoms with Crippen molar-refractivity contribution in [3.63, 3.8) is 0 Å². The van der Waals surface area contributed by atoms with Gasteiger partial charge in [-0.2, -0.15) is 0 Å². The minimum Gasteiger partial charge on any atom is -0.0702 e. The van der Waals surface area contributed by atoms with Crippen LogP contribution in [0.2, 0.25) is 0 Å². The van der Waals surface area contributed by atoms with Crippen LogP contribution >= 0.6 is 0 Å². The van der Waals surface area contributed by atoms with Gasteiger partial charge in [-0.3, -0.25) is 0 Å². The van der Waals surface area contributed by atoms with E-state index in [1.165, 1.54) is 37.7 Å². The van der Waals surface area contributed by atoms with Crippen LogP contribution in [0.3, 0.4) is 0 Å². The zero-order valence-electron chi connectivity index (χ0n) is 9.15. The first kappa shape index (κ1) is 10.2. The van der Waals surface area contributed by atoms with E-state index in [1.54, 1.807) is 5.57 Å². The van der Waals surface area contributed by atoms with Crippen molar-refractivity contribution in [1.29, 1.82) is 0 Å². The summed E-state index contributed by atoms with van der Waals surface area (Å²) in [5.41, 5.74) is 2.90. The van der Waals surface area contributed by atoms with Crippen LogP contribution in [-0.4, -0.2) is 0 Å². The van der Waals surface area contributed by atoms with Gasteiger partial charge in [0, 0.05) is 0 Å². The van der Waals surface area contributed by atoms with E-state index in [-0.39, 0.29) is 0 Å². The number of benzene rings is 1. The van der Waals surface area contributed by atoms with Gasteiger partial charge >= 0.3 is 0 Å². The molecule has 0 nitrogen and oxygen atoms in total. The van der Waals surface area contributed by atoms with E-state index in [0.717, 1.165) is 0 Å². The summed E-state index contributed by atoms with van der Waals surface area (Å²) in [5, 5.41) is 0. The Bertz CT molecular complexity index is 336. The molecule has 0 atom stereocenters. The highest BCUT2D eigenvalue weighted by molar-refractivity contribution is 5.50.